The molecule has 0 saturated carbocycles. The molecule has 0 radical (unpaired) electrons. The van der Waals surface area contributed by atoms with E-state index in [2.05, 4.69) is 32.2 Å². The van der Waals surface area contributed by atoms with Crippen LogP contribution in [-0.4, -0.2) is 47.6 Å². The number of piperidine rings is 2. The summed E-state index contributed by atoms with van der Waals surface area (Å²) in [5.41, 5.74) is 3.69. The molecule has 3 N–H and O–H groups in total. The Labute approximate surface area is 120 Å². The van der Waals surface area contributed by atoms with Gasteiger partial charge < -0.3 is 15.2 Å². The second kappa shape index (κ2) is 5.54. The number of anilines is 2. The standard InChI is InChI=1S/C14H24N6/c1-10-13(18-15)16-9-17-14(10)20-7-5-12-11(8-20)4-3-6-19(12)2/h9,11-12H,3-8,15H2,1-2H3,(H,16,17,18). The van der Waals surface area contributed by atoms with Crippen molar-refractivity contribution >= 4 is 11.6 Å². The summed E-state index contributed by atoms with van der Waals surface area (Å²) < 4.78 is 0. The molecule has 2 aliphatic heterocycles. The fourth-order valence-electron chi connectivity index (χ4n) is 3.75. The molecule has 110 valence electrons. The zero-order valence-corrected chi connectivity index (χ0v) is 12.3. The molecule has 6 nitrogen and oxygen atoms in total. The van der Waals surface area contributed by atoms with Crippen LogP contribution in [0.25, 0.3) is 0 Å². The van der Waals surface area contributed by atoms with Crippen LogP contribution in [0.2, 0.25) is 0 Å². The number of hydrogen-bond acceptors (Lipinski definition) is 6. The molecular formula is C14H24N6. The first-order chi connectivity index (χ1) is 9.70. The number of rotatable bonds is 2. The highest BCUT2D eigenvalue weighted by molar-refractivity contribution is 5.57. The van der Waals surface area contributed by atoms with Crippen LogP contribution in [0, 0.1) is 12.8 Å². The van der Waals surface area contributed by atoms with Gasteiger partial charge in [0.1, 0.15) is 18.0 Å². The lowest BCUT2D eigenvalue weighted by atomic mass is 9.84. The van der Waals surface area contributed by atoms with Gasteiger partial charge in [-0.1, -0.05) is 0 Å². The summed E-state index contributed by atoms with van der Waals surface area (Å²) in [6.07, 6.45) is 5.45. The molecular weight excluding hydrogens is 252 g/mol. The SMILES string of the molecule is Cc1c(NN)ncnc1N1CCC2C(CCCN2C)C1. The van der Waals surface area contributed by atoms with Gasteiger partial charge in [-0.2, -0.15) is 0 Å². The Balaban J connectivity index is 1.79. The maximum absolute atomic E-state index is 5.51. The highest BCUT2D eigenvalue weighted by Gasteiger charge is 2.35. The topological polar surface area (TPSA) is 70.3 Å². The van der Waals surface area contributed by atoms with Gasteiger partial charge in [-0.15, -0.1) is 0 Å². The maximum atomic E-state index is 5.51. The first kappa shape index (κ1) is 13.6. The normalized spacial score (nSPS) is 27.2. The highest BCUT2D eigenvalue weighted by Crippen LogP contribution is 2.32. The highest BCUT2D eigenvalue weighted by atomic mass is 15.3. The number of nitrogen functional groups attached to an aromatic ring is 1. The average Bonchev–Trinajstić information content (AvgIpc) is 2.47. The predicted molar refractivity (Wildman–Crippen MR) is 80.6 cm³/mol. The molecule has 2 aliphatic rings. The minimum Gasteiger partial charge on any atom is -0.356 e. The summed E-state index contributed by atoms with van der Waals surface area (Å²) in [5.74, 6) is 8.01. The largest absolute Gasteiger partial charge is 0.356 e. The lowest BCUT2D eigenvalue weighted by Crippen LogP contribution is -2.53. The molecule has 1 aromatic heterocycles. The van der Waals surface area contributed by atoms with Crippen molar-refractivity contribution in [3.63, 3.8) is 0 Å². The van der Waals surface area contributed by atoms with E-state index in [9.17, 15) is 0 Å². The smallest absolute Gasteiger partial charge is 0.148 e. The molecule has 2 atom stereocenters. The van der Waals surface area contributed by atoms with E-state index in [-0.39, 0.29) is 0 Å². The Hall–Kier alpha value is -1.40. The number of nitrogens with one attached hydrogen (secondary N) is 1. The fourth-order valence-corrected chi connectivity index (χ4v) is 3.75. The molecule has 2 unspecified atom stereocenters. The molecule has 0 amide bonds. The van der Waals surface area contributed by atoms with E-state index in [1.165, 1.54) is 25.8 Å². The predicted octanol–water partition coefficient (Wildman–Crippen LogP) is 0.991. The zero-order chi connectivity index (χ0) is 14.1. The van der Waals surface area contributed by atoms with Crippen LogP contribution in [-0.2, 0) is 0 Å². The monoisotopic (exact) mass is 276 g/mol. The molecule has 2 saturated heterocycles. The average molecular weight is 276 g/mol. The molecule has 20 heavy (non-hydrogen) atoms. The molecule has 1 aromatic rings. The van der Waals surface area contributed by atoms with E-state index in [0.29, 0.717) is 0 Å². The number of nitrogens with zero attached hydrogens (tertiary/aromatic N) is 4. The lowest BCUT2D eigenvalue weighted by molar-refractivity contribution is 0.102. The Morgan fingerprint density at radius 2 is 2.15 bits per heavy atom. The van der Waals surface area contributed by atoms with Crippen molar-refractivity contribution in [1.82, 2.24) is 14.9 Å². The van der Waals surface area contributed by atoms with Crippen LogP contribution in [0.5, 0.6) is 0 Å². The Morgan fingerprint density at radius 1 is 1.30 bits per heavy atom. The number of nitrogens with two attached hydrogens (primary N) is 1. The van der Waals surface area contributed by atoms with Crippen LogP contribution in [0.4, 0.5) is 11.6 Å². The molecule has 6 heteroatoms. The number of hydrogen-bond donors (Lipinski definition) is 2. The Bertz CT molecular complexity index is 477. The summed E-state index contributed by atoms with van der Waals surface area (Å²) in [5, 5.41) is 0. The molecule has 0 aromatic carbocycles. The van der Waals surface area contributed by atoms with Crippen molar-refractivity contribution in [3.8, 4) is 0 Å². The first-order valence-corrected chi connectivity index (χ1v) is 7.44. The van der Waals surface area contributed by atoms with Gasteiger partial charge in [-0.3, -0.25) is 0 Å². The second-order valence-corrected chi connectivity index (χ2v) is 6.00. The third-order valence-electron chi connectivity index (χ3n) is 4.84. The molecule has 0 bridgehead atoms. The number of fused-ring (bicyclic) bond motifs is 1. The van der Waals surface area contributed by atoms with Crippen LogP contribution in [0.1, 0.15) is 24.8 Å². The van der Waals surface area contributed by atoms with Gasteiger partial charge in [-0.25, -0.2) is 15.8 Å². The first-order valence-electron chi connectivity index (χ1n) is 7.44. The van der Waals surface area contributed by atoms with E-state index >= 15 is 0 Å². The van der Waals surface area contributed by atoms with Gasteiger partial charge in [0.2, 0.25) is 0 Å². The number of hydrazine groups is 1. The number of aromatic nitrogens is 2. The molecule has 0 spiro atoms. The van der Waals surface area contributed by atoms with Crippen molar-refractivity contribution in [1.29, 1.82) is 0 Å². The quantitative estimate of drug-likeness (QED) is 0.620. The van der Waals surface area contributed by atoms with Gasteiger partial charge in [0.15, 0.2) is 0 Å². The van der Waals surface area contributed by atoms with Crippen molar-refractivity contribution in [2.45, 2.75) is 32.2 Å². The van der Waals surface area contributed by atoms with Gasteiger partial charge in [0, 0.05) is 24.7 Å². The van der Waals surface area contributed by atoms with E-state index in [1.54, 1.807) is 6.33 Å². The van der Waals surface area contributed by atoms with Crippen LogP contribution in [0.15, 0.2) is 6.33 Å². The van der Waals surface area contributed by atoms with Crippen molar-refractivity contribution in [2.24, 2.45) is 11.8 Å². The summed E-state index contributed by atoms with van der Waals surface area (Å²) >= 11 is 0. The molecule has 3 rings (SSSR count). The van der Waals surface area contributed by atoms with Gasteiger partial charge in [0.05, 0.1) is 0 Å². The van der Waals surface area contributed by atoms with E-state index in [1.807, 2.05) is 6.92 Å². The van der Waals surface area contributed by atoms with Crippen molar-refractivity contribution < 1.29 is 0 Å². The Kier molecular flexibility index (Phi) is 3.76. The molecule has 0 aliphatic carbocycles. The fraction of sp³-hybridized carbons (Fsp3) is 0.714. The van der Waals surface area contributed by atoms with E-state index in [0.717, 1.165) is 42.2 Å². The van der Waals surface area contributed by atoms with Crippen LogP contribution in [0.3, 0.4) is 0 Å². The summed E-state index contributed by atoms with van der Waals surface area (Å²) in [4.78, 5) is 13.6. The zero-order valence-electron chi connectivity index (χ0n) is 12.3. The lowest BCUT2D eigenvalue weighted by Gasteiger charge is -2.46. The second-order valence-electron chi connectivity index (χ2n) is 6.00. The van der Waals surface area contributed by atoms with Gasteiger partial charge >= 0.3 is 0 Å². The Morgan fingerprint density at radius 3 is 2.95 bits per heavy atom. The van der Waals surface area contributed by atoms with Crippen LogP contribution < -0.4 is 16.2 Å². The van der Waals surface area contributed by atoms with Gasteiger partial charge in [-0.05, 0) is 45.7 Å². The molecule has 2 fully saturated rings. The maximum Gasteiger partial charge on any atom is 0.148 e. The minimum atomic E-state index is 0.720. The molecule has 3 heterocycles. The van der Waals surface area contributed by atoms with Crippen molar-refractivity contribution in [3.05, 3.63) is 11.9 Å². The third-order valence-corrected chi connectivity index (χ3v) is 4.84. The third kappa shape index (κ3) is 2.33. The van der Waals surface area contributed by atoms with Crippen molar-refractivity contribution in [2.75, 3.05) is 37.0 Å². The van der Waals surface area contributed by atoms with E-state index < -0.39 is 0 Å². The summed E-state index contributed by atoms with van der Waals surface area (Å²) in [7, 11) is 2.26. The van der Waals surface area contributed by atoms with Crippen LogP contribution >= 0.6 is 0 Å². The number of likely N-dealkylation sites (tertiary alicyclic amines) is 1. The van der Waals surface area contributed by atoms with Gasteiger partial charge in [0.25, 0.3) is 0 Å². The summed E-state index contributed by atoms with van der Waals surface area (Å²) in [6, 6.07) is 0.745. The summed E-state index contributed by atoms with van der Waals surface area (Å²) in [6.45, 7) is 5.43. The minimum absolute atomic E-state index is 0.720. The van der Waals surface area contributed by atoms with E-state index in [4.69, 9.17) is 5.84 Å².